The molecule has 0 aliphatic rings. The number of benzene rings is 1. The third-order valence-corrected chi connectivity index (χ3v) is 5.04. The fourth-order valence-corrected chi connectivity index (χ4v) is 3.59. The molecule has 1 aromatic carbocycles. The topological polar surface area (TPSA) is 114 Å². The van der Waals surface area contributed by atoms with E-state index < -0.39 is 11.2 Å². The predicted octanol–water partition coefficient (Wildman–Crippen LogP) is 1.39. The third-order valence-electron chi connectivity index (χ3n) is 5.04. The number of aryl methyl sites for hydroxylation is 3. The Hall–Kier alpha value is -3.95. The number of carbonyl (C=O) groups excluding carboxylic acids is 1. The predicted molar refractivity (Wildman–Crippen MR) is 112 cm³/mol. The molecule has 0 atom stereocenters. The van der Waals surface area contributed by atoms with Crippen LogP contribution in [-0.4, -0.2) is 36.6 Å². The lowest BCUT2D eigenvalue weighted by atomic mass is 10.1. The monoisotopic (exact) mass is 423 g/mol. The molecule has 0 saturated heterocycles. The van der Waals surface area contributed by atoms with Gasteiger partial charge in [0.25, 0.3) is 11.4 Å². The van der Waals surface area contributed by atoms with Crippen LogP contribution in [0.15, 0.2) is 50.7 Å². The molecule has 0 fully saturated rings. The van der Waals surface area contributed by atoms with Crippen LogP contribution in [0.4, 0.5) is 0 Å². The summed E-state index contributed by atoms with van der Waals surface area (Å²) in [4.78, 5) is 46.6. The van der Waals surface area contributed by atoms with Gasteiger partial charge in [0.05, 0.1) is 19.9 Å². The van der Waals surface area contributed by atoms with E-state index in [1.807, 2.05) is 24.3 Å². The first-order chi connectivity index (χ1) is 14.9. The van der Waals surface area contributed by atoms with Crippen molar-refractivity contribution in [2.24, 2.45) is 7.05 Å². The largest absolute Gasteiger partial charge is 0.496 e. The number of imidazole rings is 1. The Bertz CT molecular complexity index is 1380. The number of fused-ring (bicyclic) bond motifs is 1. The minimum Gasteiger partial charge on any atom is -0.496 e. The van der Waals surface area contributed by atoms with Gasteiger partial charge in [0, 0.05) is 13.6 Å². The summed E-state index contributed by atoms with van der Waals surface area (Å²) in [5.41, 5.74) is 0.115. The Balaban J connectivity index is 1.92. The summed E-state index contributed by atoms with van der Waals surface area (Å²) in [5, 5.41) is 0. The molecule has 3 aromatic heterocycles. The Kier molecular flexibility index (Phi) is 5.28. The summed E-state index contributed by atoms with van der Waals surface area (Å²) in [7, 11) is 3.22. The molecule has 3 heterocycles. The molecule has 0 bridgehead atoms. The summed E-state index contributed by atoms with van der Waals surface area (Å²) < 4.78 is 14.6. The number of nitrogens with zero attached hydrogens (tertiary/aromatic N) is 5. The number of ketones is 1. The molecule has 0 N–H and O–H groups in total. The summed E-state index contributed by atoms with van der Waals surface area (Å²) >= 11 is 0. The van der Waals surface area contributed by atoms with Crippen molar-refractivity contribution in [2.45, 2.75) is 26.4 Å². The van der Waals surface area contributed by atoms with Gasteiger partial charge in [0.2, 0.25) is 0 Å². The van der Waals surface area contributed by atoms with Gasteiger partial charge in [-0.15, -0.1) is 0 Å². The minimum atomic E-state index is -0.598. The van der Waals surface area contributed by atoms with Crippen LogP contribution in [0.3, 0.4) is 0 Å². The number of rotatable bonds is 7. The average Bonchev–Trinajstić information content (AvgIpc) is 3.39. The lowest BCUT2D eigenvalue weighted by Crippen LogP contribution is -2.42. The van der Waals surface area contributed by atoms with E-state index in [-0.39, 0.29) is 35.9 Å². The maximum atomic E-state index is 13.2. The molecule has 0 saturated carbocycles. The van der Waals surface area contributed by atoms with Crippen molar-refractivity contribution >= 4 is 16.9 Å². The quantitative estimate of drug-likeness (QED) is 0.441. The number of para-hydroxylation sites is 1. The molecule has 0 unspecified atom stereocenters. The van der Waals surface area contributed by atoms with Crippen LogP contribution in [0.1, 0.15) is 12.5 Å². The Labute approximate surface area is 176 Å². The molecule has 4 aromatic rings. The molecule has 0 radical (unpaired) electrons. The van der Waals surface area contributed by atoms with E-state index in [1.54, 1.807) is 14.2 Å². The third kappa shape index (κ3) is 3.56. The molecule has 0 amide bonds. The van der Waals surface area contributed by atoms with E-state index in [0.29, 0.717) is 18.0 Å². The van der Waals surface area contributed by atoms with Crippen LogP contribution in [0, 0.1) is 0 Å². The summed E-state index contributed by atoms with van der Waals surface area (Å²) in [5.74, 6) is 0.929. The van der Waals surface area contributed by atoms with Gasteiger partial charge in [-0.05, 0) is 25.0 Å². The van der Waals surface area contributed by atoms with Gasteiger partial charge in [-0.3, -0.25) is 18.7 Å². The maximum Gasteiger partial charge on any atom is 0.333 e. The number of hydrogen-bond acceptors (Lipinski definition) is 7. The second-order valence-electron chi connectivity index (χ2n) is 7.09. The minimum absolute atomic E-state index is 0.189. The van der Waals surface area contributed by atoms with E-state index in [1.165, 1.54) is 28.5 Å². The Morgan fingerprint density at radius 1 is 1.19 bits per heavy atom. The van der Waals surface area contributed by atoms with Gasteiger partial charge >= 0.3 is 5.69 Å². The van der Waals surface area contributed by atoms with Crippen LogP contribution in [0.25, 0.3) is 22.9 Å². The molecule has 31 heavy (non-hydrogen) atoms. The first kappa shape index (κ1) is 20.3. The van der Waals surface area contributed by atoms with Crippen LogP contribution in [0.5, 0.6) is 5.75 Å². The first-order valence-electron chi connectivity index (χ1n) is 9.63. The van der Waals surface area contributed by atoms with E-state index in [4.69, 9.17) is 9.15 Å². The molecule has 160 valence electrons. The number of hydrogen-bond donors (Lipinski definition) is 0. The highest BCUT2D eigenvalue weighted by atomic mass is 16.5. The van der Waals surface area contributed by atoms with Crippen LogP contribution < -0.4 is 16.0 Å². The highest BCUT2D eigenvalue weighted by molar-refractivity contribution is 5.77. The van der Waals surface area contributed by atoms with E-state index >= 15 is 0 Å². The highest BCUT2D eigenvalue weighted by Crippen LogP contribution is 2.21. The standard InChI is InChI=1S/C21H21N5O5/c1-13(27)12-26-20(28)16-17(23-18(24(16)2)19-22-9-11-31-19)25(21(26)29)10-8-14-6-4-5-7-15(14)30-3/h4-7,9,11H,8,10,12H2,1-3H3. The van der Waals surface area contributed by atoms with Crippen LogP contribution in [-0.2, 0) is 31.4 Å². The number of methoxy groups -OCH3 is 1. The van der Waals surface area contributed by atoms with Crippen molar-refractivity contribution < 1.29 is 13.9 Å². The first-order valence-corrected chi connectivity index (χ1v) is 9.63. The number of ether oxygens (including phenoxy) is 1. The zero-order chi connectivity index (χ0) is 22.1. The molecule has 10 heteroatoms. The smallest absolute Gasteiger partial charge is 0.333 e. The van der Waals surface area contributed by atoms with Gasteiger partial charge in [-0.1, -0.05) is 18.2 Å². The molecular formula is C21H21N5O5. The number of Topliss-reactive ketones (excluding diaryl/α,β-unsaturated/α-hetero) is 1. The van der Waals surface area contributed by atoms with Crippen LogP contribution >= 0.6 is 0 Å². The molecule has 0 spiro atoms. The average molecular weight is 423 g/mol. The summed E-state index contributed by atoms with van der Waals surface area (Å²) in [6.45, 7) is 1.24. The Morgan fingerprint density at radius 2 is 1.97 bits per heavy atom. The van der Waals surface area contributed by atoms with Crippen molar-refractivity contribution in [3.63, 3.8) is 0 Å². The van der Waals surface area contributed by atoms with Crippen molar-refractivity contribution in [1.29, 1.82) is 0 Å². The van der Waals surface area contributed by atoms with Crippen molar-refractivity contribution in [2.75, 3.05) is 7.11 Å². The maximum absolute atomic E-state index is 13.2. The second-order valence-corrected chi connectivity index (χ2v) is 7.09. The number of aromatic nitrogens is 5. The number of carbonyl (C=O) groups is 1. The van der Waals surface area contributed by atoms with Crippen molar-refractivity contribution in [3.05, 3.63) is 63.1 Å². The zero-order valence-electron chi connectivity index (χ0n) is 17.4. The summed E-state index contributed by atoms with van der Waals surface area (Å²) in [6.07, 6.45) is 3.33. The fourth-order valence-electron chi connectivity index (χ4n) is 3.59. The molecule has 4 rings (SSSR count). The Morgan fingerprint density at radius 3 is 2.65 bits per heavy atom. The van der Waals surface area contributed by atoms with Gasteiger partial charge < -0.3 is 13.7 Å². The number of oxazole rings is 1. The van der Waals surface area contributed by atoms with Gasteiger partial charge in [-0.25, -0.2) is 14.8 Å². The molecule has 0 aliphatic carbocycles. The summed E-state index contributed by atoms with van der Waals surface area (Å²) in [6, 6.07) is 7.49. The second kappa shape index (κ2) is 8.05. The van der Waals surface area contributed by atoms with Gasteiger partial charge in [0.1, 0.15) is 17.8 Å². The lowest BCUT2D eigenvalue weighted by Gasteiger charge is -2.12. The van der Waals surface area contributed by atoms with Crippen molar-refractivity contribution in [1.82, 2.24) is 23.7 Å². The lowest BCUT2D eigenvalue weighted by molar-refractivity contribution is -0.117. The van der Waals surface area contributed by atoms with E-state index in [9.17, 15) is 14.4 Å². The van der Waals surface area contributed by atoms with Gasteiger partial charge in [0.15, 0.2) is 17.0 Å². The SMILES string of the molecule is COc1ccccc1CCn1c(=O)n(CC(C)=O)c(=O)c2c1nc(-c1ncco1)n2C. The zero-order valence-corrected chi connectivity index (χ0v) is 17.4. The van der Waals surface area contributed by atoms with E-state index in [0.717, 1.165) is 10.1 Å². The van der Waals surface area contributed by atoms with E-state index in [2.05, 4.69) is 9.97 Å². The normalized spacial score (nSPS) is 11.2. The molecule has 10 nitrogen and oxygen atoms in total. The molecule has 0 aliphatic heterocycles. The van der Waals surface area contributed by atoms with Crippen LogP contribution in [0.2, 0.25) is 0 Å². The fraction of sp³-hybridized carbons (Fsp3) is 0.286. The highest BCUT2D eigenvalue weighted by Gasteiger charge is 2.23. The van der Waals surface area contributed by atoms with Gasteiger partial charge in [-0.2, -0.15) is 0 Å². The molecular weight excluding hydrogens is 402 g/mol. The van der Waals surface area contributed by atoms with Crippen molar-refractivity contribution in [3.8, 4) is 17.5 Å².